The summed E-state index contributed by atoms with van der Waals surface area (Å²) in [4.78, 5) is 21.5. The largest absolute Gasteiger partial charge is 0.294 e. The van der Waals surface area contributed by atoms with Crippen molar-refractivity contribution in [2.24, 2.45) is 10.6 Å². The predicted molar refractivity (Wildman–Crippen MR) is 41.9 cm³/mol. The van der Waals surface area contributed by atoms with Gasteiger partial charge in [0.05, 0.1) is 5.70 Å². The molecule has 60 valence electrons. The summed E-state index contributed by atoms with van der Waals surface area (Å²) in [5.74, 6) is 0.0482. The van der Waals surface area contributed by atoms with Crippen LogP contribution in [0.15, 0.2) is 16.4 Å². The minimum Gasteiger partial charge on any atom is -0.294 e. The molecule has 1 aliphatic carbocycles. The summed E-state index contributed by atoms with van der Waals surface area (Å²) in [7, 11) is 0. The van der Waals surface area contributed by atoms with Crippen LogP contribution in [0.2, 0.25) is 0 Å². The molecular formula is C8H11NO2. The number of allylic oxidation sites excluding steroid dienone is 2. The van der Waals surface area contributed by atoms with Crippen LogP contribution in [0.25, 0.3) is 0 Å². The number of hydrogen-bond acceptors (Lipinski definition) is 3. The number of Topliss-reactive ketones (excluding diaryl/α,β-unsaturated/α-hetero) is 1. The van der Waals surface area contributed by atoms with E-state index in [0.29, 0.717) is 17.7 Å². The van der Waals surface area contributed by atoms with Crippen molar-refractivity contribution in [3.63, 3.8) is 0 Å². The van der Waals surface area contributed by atoms with E-state index in [4.69, 9.17) is 0 Å². The molecule has 3 nitrogen and oxygen atoms in total. The monoisotopic (exact) mass is 153 g/mol. The first-order valence-electron chi connectivity index (χ1n) is 3.57. The number of ketones is 1. The van der Waals surface area contributed by atoms with Crippen LogP contribution in [0.4, 0.5) is 0 Å². The second kappa shape index (κ2) is 2.26. The zero-order valence-corrected chi connectivity index (χ0v) is 6.97. The van der Waals surface area contributed by atoms with Crippen LogP contribution in [-0.2, 0) is 4.79 Å². The fourth-order valence-electron chi connectivity index (χ4n) is 1.37. The molecule has 0 aromatic heterocycles. The number of rotatable bonds is 1. The van der Waals surface area contributed by atoms with E-state index < -0.39 is 5.41 Å². The Hall–Kier alpha value is -0.990. The molecule has 0 spiro atoms. The summed E-state index contributed by atoms with van der Waals surface area (Å²) in [5.41, 5.74) is 0.540. The molecule has 1 rings (SSSR count). The van der Waals surface area contributed by atoms with Crippen LogP contribution in [0.3, 0.4) is 0 Å². The van der Waals surface area contributed by atoms with Crippen molar-refractivity contribution in [1.82, 2.24) is 0 Å². The van der Waals surface area contributed by atoms with Crippen molar-refractivity contribution in [2.75, 3.05) is 0 Å². The van der Waals surface area contributed by atoms with Crippen LogP contribution >= 0.6 is 0 Å². The van der Waals surface area contributed by atoms with Crippen LogP contribution in [-0.4, -0.2) is 5.78 Å². The Labute approximate surface area is 65.5 Å². The summed E-state index contributed by atoms with van der Waals surface area (Å²) < 4.78 is 0. The molecule has 0 saturated carbocycles. The molecule has 0 saturated heterocycles. The minimum absolute atomic E-state index is 0.0482. The number of hydrogen-bond donors (Lipinski definition) is 0. The van der Waals surface area contributed by atoms with E-state index in [2.05, 4.69) is 5.18 Å². The van der Waals surface area contributed by atoms with Crippen molar-refractivity contribution in [1.29, 1.82) is 0 Å². The van der Waals surface area contributed by atoms with Crippen LogP contribution in [0.5, 0.6) is 0 Å². The zero-order chi connectivity index (χ0) is 8.65. The maximum atomic E-state index is 11.3. The molecule has 0 bridgehead atoms. The first-order chi connectivity index (χ1) is 4.99. The van der Waals surface area contributed by atoms with Gasteiger partial charge in [0.1, 0.15) is 0 Å². The normalized spacial score (nSPS) is 22.6. The molecule has 0 amide bonds. The number of carbonyl (C=O) groups excluding carboxylic acids is 1. The highest BCUT2D eigenvalue weighted by Gasteiger charge is 2.38. The maximum absolute atomic E-state index is 11.3. The molecule has 0 aromatic rings. The lowest BCUT2D eigenvalue weighted by Crippen LogP contribution is -2.18. The Kier molecular flexibility index (Phi) is 1.66. The molecule has 0 aromatic carbocycles. The second-order valence-electron chi connectivity index (χ2n) is 3.55. The molecule has 0 heterocycles. The first kappa shape index (κ1) is 8.11. The Balaban J connectivity index is 3.04. The zero-order valence-electron chi connectivity index (χ0n) is 6.97. The summed E-state index contributed by atoms with van der Waals surface area (Å²) in [6.45, 7) is 5.32. The number of carbonyl (C=O) groups is 1. The molecule has 0 aliphatic heterocycles. The molecule has 0 atom stereocenters. The third kappa shape index (κ3) is 1.11. The van der Waals surface area contributed by atoms with Gasteiger partial charge in [-0.2, -0.15) is 0 Å². The van der Waals surface area contributed by atoms with Gasteiger partial charge in [-0.15, -0.1) is 4.91 Å². The Bertz CT molecular complexity index is 251. The second-order valence-corrected chi connectivity index (χ2v) is 3.55. The van der Waals surface area contributed by atoms with Gasteiger partial charge in [0, 0.05) is 17.4 Å². The molecule has 0 unspecified atom stereocenters. The van der Waals surface area contributed by atoms with E-state index in [0.717, 1.165) is 0 Å². The molecule has 11 heavy (non-hydrogen) atoms. The lowest BCUT2D eigenvalue weighted by atomic mass is 9.88. The van der Waals surface area contributed by atoms with Crippen molar-refractivity contribution in [3.8, 4) is 0 Å². The molecule has 0 fully saturated rings. The van der Waals surface area contributed by atoms with Crippen molar-refractivity contribution in [2.45, 2.75) is 27.2 Å². The predicted octanol–water partition coefficient (Wildman–Crippen LogP) is 2.03. The molecule has 3 heteroatoms. The third-order valence-corrected chi connectivity index (χ3v) is 2.11. The summed E-state index contributed by atoms with van der Waals surface area (Å²) in [6, 6.07) is 0. The van der Waals surface area contributed by atoms with E-state index in [9.17, 15) is 9.70 Å². The lowest BCUT2D eigenvalue weighted by molar-refractivity contribution is -0.122. The van der Waals surface area contributed by atoms with Gasteiger partial charge in [0.25, 0.3) is 0 Å². The quantitative estimate of drug-likeness (QED) is 0.541. The van der Waals surface area contributed by atoms with Gasteiger partial charge in [0.15, 0.2) is 5.78 Å². The third-order valence-electron chi connectivity index (χ3n) is 2.11. The van der Waals surface area contributed by atoms with Crippen molar-refractivity contribution in [3.05, 3.63) is 16.2 Å². The fraction of sp³-hybridized carbons (Fsp3) is 0.625. The summed E-state index contributed by atoms with van der Waals surface area (Å²) in [6.07, 6.45) is 0.487. The van der Waals surface area contributed by atoms with Gasteiger partial charge in [0.2, 0.25) is 0 Å². The molecule has 0 radical (unpaired) electrons. The Morgan fingerprint density at radius 2 is 2.00 bits per heavy atom. The average Bonchev–Trinajstić information content (AvgIpc) is 2.13. The fourth-order valence-corrected chi connectivity index (χ4v) is 1.37. The number of nitrogens with zero attached hydrogens (tertiary/aromatic N) is 1. The summed E-state index contributed by atoms with van der Waals surface area (Å²) in [5, 5.41) is 2.82. The van der Waals surface area contributed by atoms with Gasteiger partial charge in [-0.1, -0.05) is 13.8 Å². The van der Waals surface area contributed by atoms with Crippen LogP contribution in [0, 0.1) is 10.3 Å². The SMILES string of the molecule is CC1=C(N=O)CC(C)(C)C1=O. The van der Waals surface area contributed by atoms with Crippen LogP contribution in [0.1, 0.15) is 27.2 Å². The topological polar surface area (TPSA) is 46.5 Å². The standard InChI is InChI=1S/C8H11NO2/c1-5-6(9-11)4-8(2,3)7(5)10/h4H2,1-3H3. The Morgan fingerprint density at radius 1 is 1.45 bits per heavy atom. The van der Waals surface area contributed by atoms with Crippen LogP contribution < -0.4 is 0 Å². The van der Waals surface area contributed by atoms with E-state index in [1.165, 1.54) is 0 Å². The molecular weight excluding hydrogens is 142 g/mol. The van der Waals surface area contributed by atoms with Crippen molar-refractivity contribution < 1.29 is 4.79 Å². The molecule has 1 aliphatic rings. The van der Waals surface area contributed by atoms with E-state index >= 15 is 0 Å². The summed E-state index contributed by atoms with van der Waals surface area (Å²) >= 11 is 0. The van der Waals surface area contributed by atoms with E-state index in [1.54, 1.807) is 6.92 Å². The van der Waals surface area contributed by atoms with Crippen molar-refractivity contribution >= 4 is 5.78 Å². The average molecular weight is 153 g/mol. The highest BCUT2D eigenvalue weighted by Crippen LogP contribution is 2.38. The highest BCUT2D eigenvalue weighted by atomic mass is 16.3. The Morgan fingerprint density at radius 3 is 2.18 bits per heavy atom. The minimum atomic E-state index is -0.409. The molecule has 0 N–H and O–H groups in total. The van der Waals surface area contributed by atoms with Gasteiger partial charge < -0.3 is 0 Å². The van der Waals surface area contributed by atoms with Gasteiger partial charge >= 0.3 is 0 Å². The number of nitroso groups, excluding NO2 is 1. The lowest BCUT2D eigenvalue weighted by Gasteiger charge is -2.13. The van der Waals surface area contributed by atoms with E-state index in [1.807, 2.05) is 13.8 Å². The maximum Gasteiger partial charge on any atom is 0.166 e. The van der Waals surface area contributed by atoms with Gasteiger partial charge in [-0.05, 0) is 12.1 Å². The first-order valence-corrected chi connectivity index (χ1v) is 3.57. The smallest absolute Gasteiger partial charge is 0.166 e. The van der Waals surface area contributed by atoms with E-state index in [-0.39, 0.29) is 5.78 Å². The van der Waals surface area contributed by atoms with Gasteiger partial charge in [-0.25, -0.2) is 0 Å². The highest BCUT2D eigenvalue weighted by molar-refractivity contribution is 6.02. The van der Waals surface area contributed by atoms with Gasteiger partial charge in [-0.3, -0.25) is 4.79 Å².